The van der Waals surface area contributed by atoms with E-state index in [-0.39, 0.29) is 11.8 Å². The number of rotatable bonds is 4. The van der Waals surface area contributed by atoms with E-state index in [2.05, 4.69) is 14.9 Å². The zero-order valence-corrected chi connectivity index (χ0v) is 21.1. The second kappa shape index (κ2) is 13.3. The molecule has 40 heavy (non-hydrogen) atoms. The van der Waals surface area contributed by atoms with Crippen molar-refractivity contribution in [2.45, 2.75) is 31.4 Å². The van der Waals surface area contributed by atoms with Crippen LogP contribution in [-0.2, 0) is 34.5 Å². The molecule has 0 fully saturated rings. The molecular weight excluding hydrogens is 556 g/mol. The lowest BCUT2D eigenvalue weighted by atomic mass is 9.96. The first-order valence-corrected chi connectivity index (χ1v) is 11.3. The first-order valence-electron chi connectivity index (χ1n) is 11.3. The third-order valence-corrected chi connectivity index (χ3v) is 5.56. The minimum absolute atomic E-state index is 0.169. The molecule has 1 amide bonds. The number of aromatic nitrogens is 3. The Kier molecular flexibility index (Phi) is 10.6. The molecule has 17 heteroatoms. The summed E-state index contributed by atoms with van der Waals surface area (Å²) in [5, 5.41) is 14.2. The third-order valence-electron chi connectivity index (χ3n) is 5.56. The lowest BCUT2D eigenvalue weighted by Crippen LogP contribution is -2.43. The van der Waals surface area contributed by atoms with Crippen LogP contribution in [-0.4, -0.2) is 91.5 Å². The Labute approximate surface area is 223 Å². The van der Waals surface area contributed by atoms with Crippen molar-refractivity contribution in [3.8, 4) is 5.88 Å². The minimum atomic E-state index is -5.08. The molecule has 0 saturated heterocycles. The maximum absolute atomic E-state index is 13.1. The van der Waals surface area contributed by atoms with Crippen LogP contribution < -0.4 is 4.74 Å². The Hall–Kier alpha value is -4.15. The number of ether oxygens (including phenoxy) is 1. The van der Waals surface area contributed by atoms with Crippen molar-refractivity contribution < 1.29 is 55.7 Å². The molecule has 0 bridgehead atoms. The second-order valence-electron chi connectivity index (χ2n) is 8.40. The average molecular weight is 581 g/mol. The number of aliphatic carboxylic acids is 2. The highest BCUT2D eigenvalue weighted by Crippen LogP contribution is 2.31. The number of fused-ring (bicyclic) bond motifs is 1. The van der Waals surface area contributed by atoms with Gasteiger partial charge in [-0.2, -0.15) is 26.3 Å². The summed E-state index contributed by atoms with van der Waals surface area (Å²) in [6.07, 6.45) is -2.55. The molecular formula is C23H25F6N5O6. The Morgan fingerprint density at radius 1 is 1.02 bits per heavy atom. The number of imidazole rings is 1. The average Bonchev–Trinajstić information content (AvgIpc) is 3.54. The van der Waals surface area contributed by atoms with Crippen LogP contribution in [0.4, 0.5) is 26.3 Å². The van der Waals surface area contributed by atoms with Crippen LogP contribution in [0.5, 0.6) is 5.88 Å². The van der Waals surface area contributed by atoms with E-state index in [1.165, 1.54) is 0 Å². The SMILES string of the molecule is COc1ncccc1CN1Cc2ncn(C)c2C(C(=O)N2CC=CC2)C1.O=C(O)C(F)(F)F.O=C(O)C(F)(F)F. The molecule has 1 unspecified atom stereocenters. The van der Waals surface area contributed by atoms with Gasteiger partial charge in [0.15, 0.2) is 0 Å². The van der Waals surface area contributed by atoms with E-state index in [9.17, 15) is 31.1 Å². The van der Waals surface area contributed by atoms with Crippen LogP contribution in [0.15, 0.2) is 36.8 Å². The second-order valence-corrected chi connectivity index (χ2v) is 8.40. The molecule has 11 nitrogen and oxygen atoms in total. The number of hydrogen-bond acceptors (Lipinski definition) is 7. The number of alkyl halides is 6. The number of amides is 1. The van der Waals surface area contributed by atoms with E-state index >= 15 is 0 Å². The first-order chi connectivity index (χ1) is 18.6. The Morgan fingerprint density at radius 3 is 2.08 bits per heavy atom. The number of methoxy groups -OCH3 is 1. The van der Waals surface area contributed by atoms with Gasteiger partial charge in [0.25, 0.3) is 0 Å². The number of hydrogen-bond donors (Lipinski definition) is 2. The smallest absolute Gasteiger partial charge is 0.481 e. The molecule has 2 aromatic heterocycles. The summed E-state index contributed by atoms with van der Waals surface area (Å²) >= 11 is 0. The van der Waals surface area contributed by atoms with Gasteiger partial charge in [-0.15, -0.1) is 0 Å². The summed E-state index contributed by atoms with van der Waals surface area (Å²) < 4.78 is 70.8. The molecule has 2 N–H and O–H groups in total. The predicted molar refractivity (Wildman–Crippen MR) is 124 cm³/mol. The zero-order chi connectivity index (χ0) is 30.3. The van der Waals surface area contributed by atoms with Gasteiger partial charge in [-0.1, -0.05) is 18.2 Å². The standard InChI is InChI=1S/C19H23N5O2.2C2HF3O2/c1-22-13-21-16-12-23(10-14-6-5-7-20-18(14)26-2)11-15(17(16)22)19(25)24-8-3-4-9-24;2*3-2(4,5)1(6)7/h3-7,13,15H,8-12H2,1-2H3;2*(H,6,7). The molecule has 0 saturated carbocycles. The number of nitrogens with zero attached hydrogens (tertiary/aromatic N) is 5. The monoisotopic (exact) mass is 581 g/mol. The van der Waals surface area contributed by atoms with Crippen LogP contribution in [0.2, 0.25) is 0 Å². The molecule has 1 atom stereocenters. The molecule has 2 aliphatic heterocycles. The maximum atomic E-state index is 13.1. The number of aryl methyl sites for hydroxylation is 1. The van der Waals surface area contributed by atoms with Gasteiger partial charge >= 0.3 is 24.3 Å². The van der Waals surface area contributed by atoms with Crippen molar-refractivity contribution >= 4 is 17.8 Å². The fourth-order valence-electron chi connectivity index (χ4n) is 3.84. The topological polar surface area (TPSA) is 138 Å². The van der Waals surface area contributed by atoms with Gasteiger partial charge in [0.2, 0.25) is 11.8 Å². The summed E-state index contributed by atoms with van der Waals surface area (Å²) in [4.78, 5) is 43.9. The van der Waals surface area contributed by atoms with Gasteiger partial charge < -0.3 is 24.4 Å². The molecule has 0 aromatic carbocycles. The summed E-state index contributed by atoms with van der Waals surface area (Å²) in [5.74, 6) is -4.91. The maximum Gasteiger partial charge on any atom is 0.490 e. The van der Waals surface area contributed by atoms with Crippen LogP contribution in [0, 0.1) is 0 Å². The Bertz CT molecular complexity index is 1200. The van der Waals surface area contributed by atoms with Gasteiger partial charge in [-0.3, -0.25) is 9.69 Å². The van der Waals surface area contributed by atoms with E-state index in [1.807, 2.05) is 40.8 Å². The molecule has 4 heterocycles. The molecule has 220 valence electrons. The highest BCUT2D eigenvalue weighted by molar-refractivity contribution is 5.84. The number of pyridine rings is 1. The van der Waals surface area contributed by atoms with E-state index in [0.717, 1.165) is 23.5 Å². The fraction of sp³-hybridized carbons (Fsp3) is 0.435. The number of carbonyl (C=O) groups excluding carboxylic acids is 1. The predicted octanol–water partition coefficient (Wildman–Crippen LogP) is 2.59. The molecule has 4 rings (SSSR count). The lowest BCUT2D eigenvalue weighted by molar-refractivity contribution is -0.193. The Morgan fingerprint density at radius 2 is 1.57 bits per heavy atom. The van der Waals surface area contributed by atoms with Crippen molar-refractivity contribution in [3.05, 3.63) is 53.8 Å². The normalized spacial score (nSPS) is 16.7. The lowest BCUT2D eigenvalue weighted by Gasteiger charge is -2.34. The zero-order valence-electron chi connectivity index (χ0n) is 21.1. The molecule has 2 aliphatic rings. The molecule has 2 aromatic rings. The number of halogens is 6. The highest BCUT2D eigenvalue weighted by atomic mass is 19.4. The van der Waals surface area contributed by atoms with E-state index < -0.39 is 24.3 Å². The van der Waals surface area contributed by atoms with Gasteiger partial charge in [0.05, 0.1) is 30.7 Å². The number of carboxylic acid groups (broad SMARTS) is 2. The Balaban J connectivity index is 0.000000333. The van der Waals surface area contributed by atoms with Crippen LogP contribution in [0.1, 0.15) is 22.9 Å². The molecule has 0 spiro atoms. The largest absolute Gasteiger partial charge is 0.490 e. The summed E-state index contributed by atoms with van der Waals surface area (Å²) in [7, 11) is 3.60. The van der Waals surface area contributed by atoms with Crippen molar-refractivity contribution in [2.75, 3.05) is 26.7 Å². The third kappa shape index (κ3) is 8.69. The van der Waals surface area contributed by atoms with Crippen LogP contribution in [0.3, 0.4) is 0 Å². The summed E-state index contributed by atoms with van der Waals surface area (Å²) in [5.41, 5.74) is 3.03. The summed E-state index contributed by atoms with van der Waals surface area (Å²) in [6, 6.07) is 3.92. The van der Waals surface area contributed by atoms with Gasteiger partial charge in [0.1, 0.15) is 0 Å². The van der Waals surface area contributed by atoms with Crippen molar-refractivity contribution in [1.29, 1.82) is 0 Å². The van der Waals surface area contributed by atoms with Crippen LogP contribution in [0.25, 0.3) is 0 Å². The minimum Gasteiger partial charge on any atom is -0.481 e. The van der Waals surface area contributed by atoms with Crippen molar-refractivity contribution in [2.24, 2.45) is 7.05 Å². The van der Waals surface area contributed by atoms with E-state index in [4.69, 9.17) is 24.5 Å². The first kappa shape index (κ1) is 32.1. The van der Waals surface area contributed by atoms with E-state index in [1.54, 1.807) is 19.6 Å². The van der Waals surface area contributed by atoms with Crippen LogP contribution >= 0.6 is 0 Å². The van der Waals surface area contributed by atoms with Gasteiger partial charge in [-0.05, 0) is 6.07 Å². The van der Waals surface area contributed by atoms with Crippen molar-refractivity contribution in [1.82, 2.24) is 24.3 Å². The van der Waals surface area contributed by atoms with E-state index in [0.29, 0.717) is 32.1 Å². The molecule has 0 radical (unpaired) electrons. The fourth-order valence-corrected chi connectivity index (χ4v) is 3.84. The quantitative estimate of drug-likeness (QED) is 0.412. The van der Waals surface area contributed by atoms with Gasteiger partial charge in [-0.25, -0.2) is 19.6 Å². The van der Waals surface area contributed by atoms with Gasteiger partial charge in [0, 0.05) is 51.5 Å². The highest BCUT2D eigenvalue weighted by Gasteiger charge is 2.39. The van der Waals surface area contributed by atoms with Crippen molar-refractivity contribution in [3.63, 3.8) is 0 Å². The summed E-state index contributed by atoms with van der Waals surface area (Å²) in [6.45, 7) is 3.45. The molecule has 0 aliphatic carbocycles. The number of carbonyl (C=O) groups is 3. The number of carboxylic acids is 2.